The Labute approximate surface area is 179 Å². The fourth-order valence-corrected chi connectivity index (χ4v) is 3.86. The van der Waals surface area contributed by atoms with Crippen LogP contribution in [0, 0.1) is 0 Å². The zero-order chi connectivity index (χ0) is 21.3. The summed E-state index contributed by atoms with van der Waals surface area (Å²) in [4.78, 5) is 28.7. The first kappa shape index (κ1) is 20.1. The van der Waals surface area contributed by atoms with E-state index in [-0.39, 0.29) is 5.70 Å². The maximum atomic E-state index is 12.9. The van der Waals surface area contributed by atoms with Gasteiger partial charge in [0, 0.05) is 29.7 Å². The summed E-state index contributed by atoms with van der Waals surface area (Å²) in [5.74, 6) is 0.833. The number of carbonyl (C=O) groups excluding carboxylic acids is 2. The molecule has 0 aromatic heterocycles. The lowest BCUT2D eigenvalue weighted by Crippen LogP contribution is -2.30. The molecule has 7 nitrogen and oxygen atoms in total. The third-order valence-corrected chi connectivity index (χ3v) is 5.49. The van der Waals surface area contributed by atoms with E-state index in [4.69, 9.17) is 21.1 Å². The van der Waals surface area contributed by atoms with Crippen LogP contribution in [-0.4, -0.2) is 39.2 Å². The topological polar surface area (TPSA) is 71.1 Å². The van der Waals surface area contributed by atoms with E-state index in [1.54, 1.807) is 44.6 Å². The Morgan fingerprint density at radius 1 is 1.00 bits per heavy atom. The number of methoxy groups -OCH3 is 2. The average molecular weight is 428 g/mol. The van der Waals surface area contributed by atoms with Crippen molar-refractivity contribution >= 4 is 41.0 Å². The minimum atomic E-state index is -0.520. The van der Waals surface area contributed by atoms with Crippen molar-refractivity contribution in [3.8, 4) is 11.5 Å². The molecule has 0 radical (unpaired) electrons. The molecule has 2 aliphatic heterocycles. The summed E-state index contributed by atoms with van der Waals surface area (Å²) < 4.78 is 11.2. The molecule has 0 aliphatic carbocycles. The van der Waals surface area contributed by atoms with Gasteiger partial charge in [-0.05, 0) is 49.2 Å². The van der Waals surface area contributed by atoms with Gasteiger partial charge in [0.05, 0.1) is 25.6 Å². The molecule has 0 atom stereocenters. The number of nitrogens with zero attached hydrogens (tertiary/aromatic N) is 2. The van der Waals surface area contributed by atoms with Crippen molar-refractivity contribution in [3.05, 3.63) is 52.7 Å². The maximum absolute atomic E-state index is 12.9. The smallest absolute Gasteiger partial charge is 0.333 e. The molecule has 2 heterocycles. The number of amides is 3. The van der Waals surface area contributed by atoms with Gasteiger partial charge in [0.1, 0.15) is 17.2 Å². The van der Waals surface area contributed by atoms with Crippen LogP contribution < -0.4 is 24.6 Å². The van der Waals surface area contributed by atoms with E-state index in [9.17, 15) is 9.59 Å². The van der Waals surface area contributed by atoms with Crippen molar-refractivity contribution in [2.24, 2.45) is 0 Å². The fourth-order valence-electron chi connectivity index (χ4n) is 3.74. The van der Waals surface area contributed by atoms with Crippen molar-refractivity contribution in [1.82, 2.24) is 5.32 Å². The van der Waals surface area contributed by atoms with Gasteiger partial charge < -0.3 is 19.7 Å². The molecule has 2 fully saturated rings. The Morgan fingerprint density at radius 3 is 2.30 bits per heavy atom. The van der Waals surface area contributed by atoms with Crippen LogP contribution in [0.1, 0.15) is 18.4 Å². The molecule has 0 spiro atoms. The van der Waals surface area contributed by atoms with Crippen LogP contribution in [0.4, 0.5) is 16.2 Å². The lowest BCUT2D eigenvalue weighted by molar-refractivity contribution is -0.113. The van der Waals surface area contributed by atoms with Crippen molar-refractivity contribution in [3.63, 3.8) is 0 Å². The molecule has 4 rings (SSSR count). The summed E-state index contributed by atoms with van der Waals surface area (Å²) in [6.45, 7) is 1.93. The molecule has 8 heteroatoms. The summed E-state index contributed by atoms with van der Waals surface area (Å²) in [6.07, 6.45) is 3.88. The van der Waals surface area contributed by atoms with Gasteiger partial charge >= 0.3 is 6.03 Å². The second-order valence-corrected chi connectivity index (χ2v) is 7.50. The van der Waals surface area contributed by atoms with Crippen LogP contribution in [-0.2, 0) is 4.79 Å². The van der Waals surface area contributed by atoms with Crippen LogP contribution in [0.25, 0.3) is 6.08 Å². The summed E-state index contributed by atoms with van der Waals surface area (Å²) in [7, 11) is 3.19. The number of halogens is 1. The van der Waals surface area contributed by atoms with Crippen molar-refractivity contribution in [2.45, 2.75) is 12.8 Å². The fraction of sp³-hybridized carbons (Fsp3) is 0.273. The predicted molar refractivity (Wildman–Crippen MR) is 116 cm³/mol. The number of urea groups is 1. The van der Waals surface area contributed by atoms with Gasteiger partial charge in [0.2, 0.25) is 0 Å². The van der Waals surface area contributed by atoms with Gasteiger partial charge in [0.25, 0.3) is 5.91 Å². The normalized spacial score (nSPS) is 17.6. The third kappa shape index (κ3) is 3.68. The summed E-state index contributed by atoms with van der Waals surface area (Å²) in [5, 5.41) is 3.16. The number of rotatable bonds is 5. The van der Waals surface area contributed by atoms with Crippen LogP contribution in [0.2, 0.25) is 5.02 Å². The Kier molecular flexibility index (Phi) is 5.55. The summed E-state index contributed by atoms with van der Waals surface area (Å²) in [5.41, 5.74) is 2.20. The Balaban J connectivity index is 1.69. The third-order valence-electron chi connectivity index (χ3n) is 5.24. The lowest BCUT2D eigenvalue weighted by atomic mass is 10.1. The maximum Gasteiger partial charge on any atom is 0.333 e. The second kappa shape index (κ2) is 8.28. The van der Waals surface area contributed by atoms with E-state index in [1.165, 1.54) is 0 Å². The van der Waals surface area contributed by atoms with Crippen molar-refractivity contribution in [2.75, 3.05) is 37.1 Å². The van der Waals surface area contributed by atoms with E-state index in [0.717, 1.165) is 36.5 Å². The van der Waals surface area contributed by atoms with Gasteiger partial charge in [0.15, 0.2) is 0 Å². The van der Waals surface area contributed by atoms with Gasteiger partial charge in [-0.25, -0.2) is 9.69 Å². The zero-order valence-electron chi connectivity index (χ0n) is 16.8. The highest BCUT2D eigenvalue weighted by Crippen LogP contribution is 2.38. The Morgan fingerprint density at radius 2 is 1.67 bits per heavy atom. The number of benzene rings is 2. The van der Waals surface area contributed by atoms with Gasteiger partial charge in [-0.2, -0.15) is 0 Å². The molecule has 1 N–H and O–H groups in total. The molecular weight excluding hydrogens is 406 g/mol. The van der Waals surface area contributed by atoms with E-state index >= 15 is 0 Å². The second-order valence-electron chi connectivity index (χ2n) is 7.07. The molecule has 2 aliphatic rings. The monoisotopic (exact) mass is 427 g/mol. The highest BCUT2D eigenvalue weighted by atomic mass is 35.5. The molecule has 0 bridgehead atoms. The molecule has 30 heavy (non-hydrogen) atoms. The zero-order valence-corrected chi connectivity index (χ0v) is 17.5. The van der Waals surface area contributed by atoms with Crippen LogP contribution in [0.3, 0.4) is 0 Å². The number of carbonyl (C=O) groups is 2. The lowest BCUT2D eigenvalue weighted by Gasteiger charge is -2.22. The molecule has 0 saturated carbocycles. The molecule has 2 saturated heterocycles. The van der Waals surface area contributed by atoms with Crippen LogP contribution in [0.15, 0.2) is 42.1 Å². The highest BCUT2D eigenvalue weighted by molar-refractivity contribution is 6.31. The minimum absolute atomic E-state index is 0.157. The number of nitrogens with one attached hydrogen (secondary N) is 1. The molecular formula is C22H22ClN3O4. The standard InChI is InChI=1S/C22H22ClN3O4/c1-29-19-13-18(25-9-3-4-10-25)20(30-2)12-14(19)11-17-21(27)26(22(28)24-17)16-7-5-15(23)6-8-16/h5-8,11-13H,3-4,9-10H2,1-2H3,(H,24,28)/b17-11+. The molecule has 156 valence electrons. The molecule has 0 unspecified atom stereocenters. The van der Waals surface area contributed by atoms with Crippen molar-refractivity contribution in [1.29, 1.82) is 0 Å². The van der Waals surface area contributed by atoms with Gasteiger partial charge in [-0.15, -0.1) is 0 Å². The minimum Gasteiger partial charge on any atom is -0.496 e. The number of anilines is 2. The first-order valence-electron chi connectivity index (χ1n) is 9.65. The largest absolute Gasteiger partial charge is 0.496 e. The molecule has 2 aromatic carbocycles. The Bertz CT molecular complexity index is 1010. The van der Waals surface area contributed by atoms with Crippen molar-refractivity contribution < 1.29 is 19.1 Å². The van der Waals surface area contributed by atoms with E-state index in [0.29, 0.717) is 27.8 Å². The first-order valence-corrected chi connectivity index (χ1v) is 10.0. The van der Waals surface area contributed by atoms with Gasteiger partial charge in [-0.3, -0.25) is 4.79 Å². The highest BCUT2D eigenvalue weighted by Gasteiger charge is 2.35. The molecule has 3 amide bonds. The van der Waals surface area contributed by atoms with Crippen LogP contribution in [0.5, 0.6) is 11.5 Å². The molecule has 2 aromatic rings. The Hall–Kier alpha value is -3.19. The average Bonchev–Trinajstić information content (AvgIpc) is 3.37. The summed E-state index contributed by atoms with van der Waals surface area (Å²) >= 11 is 5.90. The van der Waals surface area contributed by atoms with Gasteiger partial charge in [-0.1, -0.05) is 11.6 Å². The van der Waals surface area contributed by atoms with E-state index < -0.39 is 11.9 Å². The van der Waals surface area contributed by atoms with E-state index in [1.807, 2.05) is 12.1 Å². The quantitative estimate of drug-likeness (QED) is 0.575. The number of ether oxygens (including phenoxy) is 2. The first-order chi connectivity index (χ1) is 14.5. The SMILES string of the molecule is COc1cc(N2CCCC2)c(OC)cc1/C=C1/NC(=O)N(c2ccc(Cl)cc2)C1=O. The number of imide groups is 1. The predicted octanol–water partition coefficient (Wildman–Crippen LogP) is 4.05. The van der Waals surface area contributed by atoms with E-state index in [2.05, 4.69) is 10.2 Å². The number of hydrogen-bond acceptors (Lipinski definition) is 5. The van der Waals surface area contributed by atoms with Crippen LogP contribution >= 0.6 is 11.6 Å². The summed E-state index contributed by atoms with van der Waals surface area (Å²) in [6, 6.07) is 9.72. The number of hydrogen-bond donors (Lipinski definition) is 1.